The largest absolute Gasteiger partial charge is 0.421 e. The molecular weight excluding hydrogens is 463 g/mol. The number of aromatic amines is 1. The van der Waals surface area contributed by atoms with Crippen molar-refractivity contribution in [3.8, 4) is 0 Å². The van der Waals surface area contributed by atoms with Crippen LogP contribution in [-0.4, -0.2) is 26.4 Å². The van der Waals surface area contributed by atoms with Gasteiger partial charge in [0.1, 0.15) is 0 Å². The summed E-state index contributed by atoms with van der Waals surface area (Å²) in [6.07, 6.45) is 0. The Morgan fingerprint density at radius 1 is 1.03 bits per heavy atom. The van der Waals surface area contributed by atoms with Gasteiger partial charge in [0.25, 0.3) is 11.1 Å². The second-order valence-electron chi connectivity index (χ2n) is 6.60. The lowest BCUT2D eigenvalue weighted by Crippen LogP contribution is -2.35. The van der Waals surface area contributed by atoms with Gasteiger partial charge < -0.3 is 4.42 Å². The average Bonchev–Trinajstić information content (AvgIpc) is 2.77. The molecule has 0 spiro atoms. The Labute approximate surface area is 186 Å². The smallest absolute Gasteiger partial charge is 0.345 e. The highest BCUT2D eigenvalue weighted by Gasteiger charge is 2.20. The van der Waals surface area contributed by atoms with E-state index in [0.29, 0.717) is 21.5 Å². The molecular formula is C20H10Cl2N4O4S. The lowest BCUT2D eigenvalue weighted by Gasteiger charge is -2.13. The number of hydrogen-bond acceptors (Lipinski definition) is 7. The Kier molecular flexibility index (Phi) is 4.81. The highest BCUT2D eigenvalue weighted by atomic mass is 35.5. The molecule has 0 radical (unpaired) electrons. The monoisotopic (exact) mass is 472 g/mol. The van der Waals surface area contributed by atoms with Crippen LogP contribution in [0, 0.1) is 0 Å². The molecule has 3 heterocycles. The van der Waals surface area contributed by atoms with Crippen molar-refractivity contribution < 1.29 is 4.42 Å². The molecule has 154 valence electrons. The molecule has 0 fully saturated rings. The van der Waals surface area contributed by atoms with Crippen molar-refractivity contribution >= 4 is 67.6 Å². The summed E-state index contributed by atoms with van der Waals surface area (Å²) in [6.45, 7) is 0. The maximum atomic E-state index is 12.8. The van der Waals surface area contributed by atoms with Crippen molar-refractivity contribution in [3.05, 3.63) is 89.2 Å². The van der Waals surface area contributed by atoms with Crippen LogP contribution in [0.3, 0.4) is 0 Å². The van der Waals surface area contributed by atoms with Gasteiger partial charge in [0.05, 0.1) is 27.1 Å². The van der Waals surface area contributed by atoms with Gasteiger partial charge in [-0.3, -0.25) is 14.7 Å². The maximum Gasteiger partial charge on any atom is 0.345 e. The maximum absolute atomic E-state index is 12.8. The van der Waals surface area contributed by atoms with Gasteiger partial charge >= 0.3 is 5.63 Å². The Morgan fingerprint density at radius 3 is 2.55 bits per heavy atom. The first-order chi connectivity index (χ1) is 14.9. The number of aromatic nitrogens is 2. The minimum atomic E-state index is -0.619. The van der Waals surface area contributed by atoms with Gasteiger partial charge in [0, 0.05) is 16.2 Å². The SMILES string of the molecule is O=c1oc2c(Cl)cc(Cl)cc2cc1C1=NN=C(n2[nH]c(=O)c3ccccc3c2=O)SC1. The van der Waals surface area contributed by atoms with Crippen LogP contribution in [0.15, 0.2) is 71.5 Å². The zero-order valence-electron chi connectivity index (χ0n) is 15.4. The van der Waals surface area contributed by atoms with Crippen molar-refractivity contribution in [1.29, 1.82) is 0 Å². The molecule has 1 aliphatic rings. The topological polar surface area (TPSA) is 110 Å². The number of H-pyrrole nitrogens is 1. The summed E-state index contributed by atoms with van der Waals surface area (Å²) in [6, 6.07) is 11.2. The summed E-state index contributed by atoms with van der Waals surface area (Å²) < 4.78 is 6.39. The van der Waals surface area contributed by atoms with Gasteiger partial charge in [-0.2, -0.15) is 9.78 Å². The average molecular weight is 473 g/mol. The Balaban J connectivity index is 1.61. The van der Waals surface area contributed by atoms with Crippen molar-refractivity contribution in [1.82, 2.24) is 9.78 Å². The quantitative estimate of drug-likeness (QED) is 0.426. The number of halogens is 2. The predicted octanol–water partition coefficient (Wildman–Crippen LogP) is 3.46. The lowest BCUT2D eigenvalue weighted by atomic mass is 10.1. The molecule has 0 amide bonds. The lowest BCUT2D eigenvalue weighted by molar-refractivity contribution is 0.559. The van der Waals surface area contributed by atoms with Gasteiger partial charge in [0.15, 0.2) is 5.58 Å². The number of nitrogens with zero attached hydrogens (tertiary/aromatic N) is 3. The third kappa shape index (κ3) is 3.40. The molecule has 0 unspecified atom stereocenters. The molecule has 11 heteroatoms. The summed E-state index contributed by atoms with van der Waals surface area (Å²) in [5.41, 5.74) is -0.664. The number of fused-ring (bicyclic) bond motifs is 2. The molecule has 31 heavy (non-hydrogen) atoms. The minimum absolute atomic E-state index is 0.188. The first kappa shape index (κ1) is 19.8. The second-order valence-corrected chi connectivity index (χ2v) is 8.38. The zero-order chi connectivity index (χ0) is 21.7. The molecule has 1 N–H and O–H groups in total. The minimum Gasteiger partial charge on any atom is -0.421 e. The van der Waals surface area contributed by atoms with Crippen LogP contribution in [0.4, 0.5) is 0 Å². The van der Waals surface area contributed by atoms with E-state index < -0.39 is 16.7 Å². The predicted molar refractivity (Wildman–Crippen MR) is 123 cm³/mol. The molecule has 0 saturated carbocycles. The summed E-state index contributed by atoms with van der Waals surface area (Å²) in [4.78, 5) is 37.5. The van der Waals surface area contributed by atoms with E-state index in [0.717, 1.165) is 16.4 Å². The van der Waals surface area contributed by atoms with Crippen molar-refractivity contribution in [2.75, 3.05) is 5.75 Å². The van der Waals surface area contributed by atoms with E-state index in [4.69, 9.17) is 27.6 Å². The summed E-state index contributed by atoms with van der Waals surface area (Å²) in [5.74, 6) is 0.227. The van der Waals surface area contributed by atoms with Gasteiger partial charge in [-0.25, -0.2) is 4.79 Å². The zero-order valence-corrected chi connectivity index (χ0v) is 17.7. The molecule has 2 aromatic heterocycles. The normalized spacial score (nSPS) is 14.0. The Morgan fingerprint density at radius 2 is 1.81 bits per heavy atom. The molecule has 8 nitrogen and oxygen atoms in total. The molecule has 4 aromatic rings. The Hall–Kier alpha value is -3.14. The van der Waals surface area contributed by atoms with Crippen LogP contribution in [0.2, 0.25) is 10.0 Å². The van der Waals surface area contributed by atoms with E-state index in [-0.39, 0.29) is 32.5 Å². The number of benzene rings is 2. The third-order valence-electron chi connectivity index (χ3n) is 4.67. The molecule has 5 rings (SSSR count). The molecule has 1 aliphatic heterocycles. The summed E-state index contributed by atoms with van der Waals surface area (Å²) >= 11 is 13.3. The molecule has 0 saturated heterocycles. The Bertz CT molecular complexity index is 1630. The van der Waals surface area contributed by atoms with Crippen LogP contribution in [0.1, 0.15) is 5.56 Å². The number of rotatable bonds is 1. The van der Waals surface area contributed by atoms with Gasteiger partial charge in [-0.1, -0.05) is 47.1 Å². The molecule has 0 atom stereocenters. The van der Waals surface area contributed by atoms with Crippen LogP contribution < -0.4 is 16.7 Å². The second kappa shape index (κ2) is 7.52. The summed E-state index contributed by atoms with van der Waals surface area (Å²) in [5, 5.41) is 12.6. The fraction of sp³-hybridized carbons (Fsp3) is 0.0500. The highest BCUT2D eigenvalue weighted by Crippen LogP contribution is 2.28. The standard InChI is InChI=1S/C20H10Cl2N4O4S/c21-10-5-9-6-13(19(29)30-16(9)14(22)7-10)15-8-31-20(24-23-15)26-18(28)12-4-2-1-3-11(12)17(27)25-26/h1-7H,8H2,(H,25,27). The van der Waals surface area contributed by atoms with E-state index >= 15 is 0 Å². The fourth-order valence-electron chi connectivity index (χ4n) is 3.23. The third-order valence-corrected chi connectivity index (χ3v) is 6.11. The van der Waals surface area contributed by atoms with Crippen molar-refractivity contribution in [2.24, 2.45) is 10.2 Å². The van der Waals surface area contributed by atoms with Gasteiger partial charge in [-0.05, 0) is 30.3 Å². The highest BCUT2D eigenvalue weighted by molar-refractivity contribution is 8.14. The number of nitrogens with one attached hydrogen (secondary N) is 1. The van der Waals surface area contributed by atoms with E-state index in [9.17, 15) is 14.4 Å². The molecule has 2 aromatic carbocycles. The van der Waals surface area contributed by atoms with E-state index in [1.807, 2.05) is 0 Å². The first-order valence-corrected chi connectivity index (χ1v) is 10.6. The van der Waals surface area contributed by atoms with Crippen molar-refractivity contribution in [2.45, 2.75) is 0 Å². The van der Waals surface area contributed by atoms with Crippen LogP contribution in [0.25, 0.3) is 21.7 Å². The van der Waals surface area contributed by atoms with Crippen LogP contribution in [0.5, 0.6) is 0 Å². The first-order valence-electron chi connectivity index (χ1n) is 8.87. The fourth-order valence-corrected chi connectivity index (χ4v) is 4.61. The van der Waals surface area contributed by atoms with Gasteiger partial charge in [0.2, 0.25) is 5.17 Å². The van der Waals surface area contributed by atoms with E-state index in [1.165, 1.54) is 6.07 Å². The number of thioether (sulfide) groups is 1. The van der Waals surface area contributed by atoms with Gasteiger partial charge in [-0.15, -0.1) is 5.10 Å². The van der Waals surface area contributed by atoms with Crippen molar-refractivity contribution in [3.63, 3.8) is 0 Å². The van der Waals surface area contributed by atoms with E-state index in [1.54, 1.807) is 36.4 Å². The number of hydrogen-bond donors (Lipinski definition) is 1. The molecule has 0 aliphatic carbocycles. The molecule has 0 bridgehead atoms. The summed E-state index contributed by atoms with van der Waals surface area (Å²) in [7, 11) is 0. The van der Waals surface area contributed by atoms with Crippen LogP contribution in [-0.2, 0) is 0 Å². The van der Waals surface area contributed by atoms with Crippen LogP contribution >= 0.6 is 35.0 Å². The van der Waals surface area contributed by atoms with E-state index in [2.05, 4.69) is 15.3 Å².